The first-order valence-corrected chi connectivity index (χ1v) is 13.7. The first kappa shape index (κ1) is 29.5. The highest BCUT2D eigenvalue weighted by molar-refractivity contribution is 6.07. The quantitative estimate of drug-likeness (QED) is 0.416. The van der Waals surface area contributed by atoms with Gasteiger partial charge in [-0.25, -0.2) is 22.5 Å². The number of hydrogen-bond donors (Lipinski definition) is 2. The maximum atomic E-state index is 16.4. The Kier molecular flexibility index (Phi) is 8.50. The van der Waals surface area contributed by atoms with Crippen molar-refractivity contribution in [2.75, 3.05) is 61.5 Å². The number of rotatable bonds is 6. The molecule has 1 amide bonds. The van der Waals surface area contributed by atoms with Gasteiger partial charge in [-0.1, -0.05) is 0 Å². The van der Waals surface area contributed by atoms with Crippen LogP contribution in [0.1, 0.15) is 36.2 Å². The highest BCUT2D eigenvalue weighted by Gasteiger charge is 2.30. The molecule has 2 aromatic heterocycles. The molecule has 4 heterocycles. The van der Waals surface area contributed by atoms with Gasteiger partial charge in [-0.15, -0.1) is 0 Å². The molecule has 0 aliphatic carbocycles. The van der Waals surface area contributed by atoms with E-state index in [4.69, 9.17) is 4.74 Å². The second-order valence-corrected chi connectivity index (χ2v) is 10.7. The third-order valence-corrected chi connectivity index (χ3v) is 7.77. The van der Waals surface area contributed by atoms with Crippen LogP contribution in [0.4, 0.5) is 34.8 Å². The largest absolute Gasteiger partial charge is 0.375 e. The first-order valence-electron chi connectivity index (χ1n) is 13.7. The van der Waals surface area contributed by atoms with Crippen molar-refractivity contribution in [1.29, 1.82) is 0 Å². The maximum absolute atomic E-state index is 16.4. The number of anilines is 3. The molecule has 224 valence electrons. The van der Waals surface area contributed by atoms with Crippen LogP contribution >= 0.6 is 0 Å². The van der Waals surface area contributed by atoms with Crippen molar-refractivity contribution < 1.29 is 27.1 Å². The van der Waals surface area contributed by atoms with Gasteiger partial charge in [0.2, 0.25) is 5.56 Å². The number of alkyl halides is 2. The zero-order valence-electron chi connectivity index (χ0n) is 23.5. The number of piperazine rings is 1. The Bertz CT molecular complexity index is 1520. The van der Waals surface area contributed by atoms with Gasteiger partial charge in [0.05, 0.1) is 29.5 Å². The van der Waals surface area contributed by atoms with E-state index in [-0.39, 0.29) is 29.1 Å². The second-order valence-electron chi connectivity index (χ2n) is 10.7. The van der Waals surface area contributed by atoms with E-state index in [0.717, 1.165) is 12.3 Å². The summed E-state index contributed by atoms with van der Waals surface area (Å²) >= 11 is 0. The van der Waals surface area contributed by atoms with Gasteiger partial charge in [0.25, 0.3) is 12.3 Å². The summed E-state index contributed by atoms with van der Waals surface area (Å²) in [6.45, 7) is 7.11. The smallest absolute Gasteiger partial charge is 0.264 e. The number of nitrogens with one attached hydrogen (secondary N) is 2. The number of amides is 1. The Labute approximate surface area is 240 Å². The third-order valence-electron chi connectivity index (χ3n) is 7.77. The number of carbonyl (C=O) groups is 1. The van der Waals surface area contributed by atoms with Crippen LogP contribution in [0, 0.1) is 11.6 Å². The van der Waals surface area contributed by atoms with E-state index in [0.29, 0.717) is 51.2 Å². The average Bonchev–Trinajstić information content (AvgIpc) is 2.96. The number of carbonyl (C=O) groups excluding carboxylic acids is 1. The SMILES string of the molecule is C[C@H]1CN(c2ccc(-c3c(F)cc(N4CCN(C)[C@@H](C)C4)c(NC(=O)c4c[nH]c(=O)cc4C(F)F)c3F)cn2)CCO1. The van der Waals surface area contributed by atoms with Crippen molar-refractivity contribution in [3.63, 3.8) is 0 Å². The molecule has 2 aliphatic rings. The molecule has 0 radical (unpaired) electrons. The van der Waals surface area contributed by atoms with E-state index in [1.54, 1.807) is 17.0 Å². The number of halogens is 4. The summed E-state index contributed by atoms with van der Waals surface area (Å²) in [5, 5.41) is 2.40. The Balaban J connectivity index is 1.56. The fourth-order valence-electron chi connectivity index (χ4n) is 5.30. The minimum atomic E-state index is -3.13. The molecule has 13 heteroatoms. The number of aromatic amines is 1. The number of H-pyrrole nitrogens is 1. The van der Waals surface area contributed by atoms with Crippen LogP contribution in [-0.4, -0.2) is 79.3 Å². The van der Waals surface area contributed by atoms with Crippen molar-refractivity contribution in [2.45, 2.75) is 32.4 Å². The van der Waals surface area contributed by atoms with Gasteiger partial charge in [-0.3, -0.25) is 9.59 Å². The predicted octanol–water partition coefficient (Wildman–Crippen LogP) is 4.27. The van der Waals surface area contributed by atoms with Gasteiger partial charge >= 0.3 is 0 Å². The number of aromatic nitrogens is 2. The molecule has 9 nitrogen and oxygen atoms in total. The highest BCUT2D eigenvalue weighted by Crippen LogP contribution is 2.39. The van der Waals surface area contributed by atoms with Crippen molar-refractivity contribution in [1.82, 2.24) is 14.9 Å². The number of nitrogens with zero attached hydrogens (tertiary/aromatic N) is 4. The lowest BCUT2D eigenvalue weighted by molar-refractivity contribution is 0.0529. The van der Waals surface area contributed by atoms with Crippen LogP contribution in [0.15, 0.2) is 41.5 Å². The van der Waals surface area contributed by atoms with Crippen LogP contribution in [0.5, 0.6) is 0 Å². The molecule has 0 spiro atoms. The normalized spacial score (nSPS) is 19.8. The second kappa shape index (κ2) is 12.1. The van der Waals surface area contributed by atoms with E-state index in [9.17, 15) is 18.4 Å². The van der Waals surface area contributed by atoms with E-state index in [2.05, 4.69) is 20.2 Å². The lowest BCUT2D eigenvalue weighted by atomic mass is 10.0. The molecule has 42 heavy (non-hydrogen) atoms. The lowest BCUT2D eigenvalue weighted by Gasteiger charge is -2.39. The summed E-state index contributed by atoms with van der Waals surface area (Å²) in [5.74, 6) is -2.37. The molecular weight excluding hydrogens is 556 g/mol. The zero-order valence-corrected chi connectivity index (χ0v) is 23.5. The molecule has 3 aromatic rings. The lowest BCUT2D eigenvalue weighted by Crippen LogP contribution is -2.50. The summed E-state index contributed by atoms with van der Waals surface area (Å²) in [6.07, 6.45) is -0.900. The van der Waals surface area contributed by atoms with E-state index in [1.165, 1.54) is 6.20 Å². The Hall–Kier alpha value is -3.97. The van der Waals surface area contributed by atoms with Gasteiger partial charge in [0.15, 0.2) is 5.82 Å². The molecule has 2 saturated heterocycles. The van der Waals surface area contributed by atoms with Crippen molar-refractivity contribution in [3.8, 4) is 11.1 Å². The van der Waals surface area contributed by atoms with E-state index >= 15 is 8.78 Å². The van der Waals surface area contributed by atoms with Gasteiger partial charge in [0.1, 0.15) is 17.3 Å². The van der Waals surface area contributed by atoms with Crippen LogP contribution in [-0.2, 0) is 4.74 Å². The van der Waals surface area contributed by atoms with Gasteiger partial charge in [-0.2, -0.15) is 0 Å². The molecule has 2 fully saturated rings. The van der Waals surface area contributed by atoms with Crippen molar-refractivity contribution in [3.05, 3.63) is 69.8 Å². The number of pyridine rings is 2. The van der Waals surface area contributed by atoms with Gasteiger partial charge < -0.3 is 29.7 Å². The fourth-order valence-corrected chi connectivity index (χ4v) is 5.30. The summed E-state index contributed by atoms with van der Waals surface area (Å²) in [4.78, 5) is 37.4. The molecule has 2 aliphatic heterocycles. The fraction of sp³-hybridized carbons (Fsp3) is 0.414. The number of benzene rings is 1. The third kappa shape index (κ3) is 5.97. The number of ether oxygens (including phenoxy) is 1. The number of hydrogen-bond acceptors (Lipinski definition) is 7. The topological polar surface area (TPSA) is 93.8 Å². The highest BCUT2D eigenvalue weighted by atomic mass is 19.3. The Morgan fingerprint density at radius 1 is 1.12 bits per heavy atom. The molecule has 2 atom stereocenters. The summed E-state index contributed by atoms with van der Waals surface area (Å²) in [6, 6.07) is 5.01. The summed E-state index contributed by atoms with van der Waals surface area (Å²) in [7, 11) is 1.94. The van der Waals surface area contributed by atoms with Crippen LogP contribution in [0.2, 0.25) is 0 Å². The molecule has 5 rings (SSSR count). The monoisotopic (exact) mass is 588 g/mol. The molecule has 0 unspecified atom stereocenters. The Morgan fingerprint density at radius 2 is 1.90 bits per heavy atom. The first-order chi connectivity index (χ1) is 20.0. The minimum absolute atomic E-state index is 0.0131. The molecule has 1 aromatic carbocycles. The number of likely N-dealkylation sites (N-methyl/N-ethyl adjacent to an activating group) is 1. The molecular formula is C29H32F4N6O3. The molecule has 0 saturated carbocycles. The van der Waals surface area contributed by atoms with E-state index in [1.807, 2.05) is 25.8 Å². The van der Waals surface area contributed by atoms with E-state index < -0.39 is 46.2 Å². The standard InChI is InChI=1S/C29H32F4N6O3/c1-16-14-38(7-6-37(16)3)22-11-21(30)25(18-4-5-23(34-12-18)39-8-9-42-17(2)15-39)26(31)27(22)36-29(41)20-13-35-24(40)10-19(20)28(32)33/h4-5,10-13,16-17,28H,6-9,14-15H2,1-3H3,(H,35,40)(H,36,41)/t16-,17-/m0/s1. The van der Waals surface area contributed by atoms with Crippen LogP contribution < -0.4 is 20.7 Å². The van der Waals surface area contributed by atoms with Crippen molar-refractivity contribution >= 4 is 23.1 Å². The average molecular weight is 589 g/mol. The summed E-state index contributed by atoms with van der Waals surface area (Å²) < 4.78 is 65.0. The minimum Gasteiger partial charge on any atom is -0.375 e. The van der Waals surface area contributed by atoms with Gasteiger partial charge in [0, 0.05) is 74.4 Å². The molecule has 2 N–H and O–H groups in total. The van der Waals surface area contributed by atoms with Crippen molar-refractivity contribution in [2.24, 2.45) is 0 Å². The maximum Gasteiger partial charge on any atom is 0.264 e. The van der Waals surface area contributed by atoms with Gasteiger partial charge in [-0.05, 0) is 33.0 Å². The van der Waals surface area contributed by atoms with Crippen LogP contribution in [0.3, 0.4) is 0 Å². The molecule has 0 bridgehead atoms. The number of morpholine rings is 1. The van der Waals surface area contributed by atoms with Crippen LogP contribution in [0.25, 0.3) is 11.1 Å². The predicted molar refractivity (Wildman–Crippen MR) is 151 cm³/mol. The summed E-state index contributed by atoms with van der Waals surface area (Å²) in [5.41, 5.74) is -2.69. The Morgan fingerprint density at radius 3 is 2.57 bits per heavy atom. The zero-order chi connectivity index (χ0) is 30.1.